The minimum Gasteiger partial charge on any atom is -0.336 e. The molecule has 7 nitrogen and oxygen atoms in total. The SMILES string of the molecule is CC(C)[C@@H]1CN(C(=O)c2ccc(C#N)nc2)C[C@H]1NC(=O)N(C)C. The van der Waals surface area contributed by atoms with Crippen LogP contribution in [-0.2, 0) is 0 Å². The molecule has 128 valence electrons. The summed E-state index contributed by atoms with van der Waals surface area (Å²) < 4.78 is 0. The number of likely N-dealkylation sites (tertiary alicyclic amines) is 1. The van der Waals surface area contributed by atoms with Crippen LogP contribution in [-0.4, -0.2) is 59.9 Å². The van der Waals surface area contributed by atoms with Crippen LogP contribution in [0.2, 0.25) is 0 Å². The molecule has 1 aliphatic rings. The molecular weight excluding hydrogens is 306 g/mol. The van der Waals surface area contributed by atoms with Gasteiger partial charge in [0.05, 0.1) is 11.6 Å². The molecule has 0 radical (unpaired) electrons. The Kier molecular flexibility index (Phi) is 5.39. The molecule has 0 aromatic carbocycles. The van der Waals surface area contributed by atoms with Crippen molar-refractivity contribution >= 4 is 11.9 Å². The lowest BCUT2D eigenvalue weighted by Gasteiger charge is -2.24. The number of pyridine rings is 1. The van der Waals surface area contributed by atoms with Gasteiger partial charge in [-0.2, -0.15) is 5.26 Å². The third-order valence-corrected chi connectivity index (χ3v) is 4.35. The molecule has 2 heterocycles. The zero-order valence-corrected chi connectivity index (χ0v) is 14.5. The summed E-state index contributed by atoms with van der Waals surface area (Å²) in [5, 5.41) is 11.8. The lowest BCUT2D eigenvalue weighted by molar-refractivity contribution is 0.0782. The molecule has 24 heavy (non-hydrogen) atoms. The molecule has 0 unspecified atom stereocenters. The van der Waals surface area contributed by atoms with Gasteiger partial charge in [0, 0.05) is 39.3 Å². The largest absolute Gasteiger partial charge is 0.336 e. The zero-order valence-electron chi connectivity index (χ0n) is 14.5. The number of rotatable bonds is 3. The Balaban J connectivity index is 2.12. The summed E-state index contributed by atoms with van der Waals surface area (Å²) in [6.45, 7) is 5.25. The van der Waals surface area contributed by atoms with Crippen LogP contribution < -0.4 is 5.32 Å². The Hall–Kier alpha value is -2.62. The fraction of sp³-hybridized carbons (Fsp3) is 0.529. The number of carbonyl (C=O) groups excluding carboxylic acids is 2. The Morgan fingerprint density at radius 3 is 2.58 bits per heavy atom. The van der Waals surface area contributed by atoms with E-state index in [1.165, 1.54) is 17.2 Å². The van der Waals surface area contributed by atoms with Crippen molar-refractivity contribution in [2.75, 3.05) is 27.2 Å². The third-order valence-electron chi connectivity index (χ3n) is 4.35. The number of nitrogens with one attached hydrogen (secondary N) is 1. The standard InChI is InChI=1S/C17H23N5O2/c1-11(2)14-9-22(10-15(14)20-17(24)21(3)4)16(23)12-5-6-13(7-18)19-8-12/h5-6,8,11,14-15H,9-10H2,1-4H3,(H,20,24)/t14-,15+/m0/s1. The van der Waals surface area contributed by atoms with Gasteiger partial charge in [-0.1, -0.05) is 13.8 Å². The van der Waals surface area contributed by atoms with Crippen molar-refractivity contribution in [3.05, 3.63) is 29.6 Å². The van der Waals surface area contributed by atoms with Gasteiger partial charge < -0.3 is 15.1 Å². The molecule has 1 aromatic rings. The third kappa shape index (κ3) is 3.82. The summed E-state index contributed by atoms with van der Waals surface area (Å²) in [6, 6.07) is 4.86. The maximum atomic E-state index is 12.7. The van der Waals surface area contributed by atoms with E-state index in [2.05, 4.69) is 24.1 Å². The van der Waals surface area contributed by atoms with Crippen molar-refractivity contribution in [1.29, 1.82) is 5.26 Å². The van der Waals surface area contributed by atoms with E-state index in [0.29, 0.717) is 24.6 Å². The number of hydrogen-bond donors (Lipinski definition) is 1. The summed E-state index contributed by atoms with van der Waals surface area (Å²) in [7, 11) is 3.39. The van der Waals surface area contributed by atoms with Crippen LogP contribution in [0.1, 0.15) is 29.9 Å². The average Bonchev–Trinajstić information content (AvgIpc) is 2.98. The molecule has 7 heteroatoms. The second-order valence-corrected chi connectivity index (χ2v) is 6.61. The fourth-order valence-corrected chi connectivity index (χ4v) is 2.88. The van der Waals surface area contributed by atoms with Gasteiger partial charge in [0.2, 0.25) is 0 Å². The highest BCUT2D eigenvalue weighted by Gasteiger charge is 2.38. The predicted molar refractivity (Wildman–Crippen MR) is 89.2 cm³/mol. The van der Waals surface area contributed by atoms with Crippen LogP contribution in [0.25, 0.3) is 0 Å². The molecule has 1 N–H and O–H groups in total. The second kappa shape index (κ2) is 7.30. The maximum Gasteiger partial charge on any atom is 0.317 e. The lowest BCUT2D eigenvalue weighted by Crippen LogP contribution is -2.46. The minimum absolute atomic E-state index is 0.0739. The van der Waals surface area contributed by atoms with Crippen molar-refractivity contribution in [2.24, 2.45) is 11.8 Å². The molecule has 3 amide bonds. The molecule has 0 bridgehead atoms. The van der Waals surface area contributed by atoms with Crippen LogP contribution in [0.5, 0.6) is 0 Å². The molecule has 2 rings (SSSR count). The van der Waals surface area contributed by atoms with Crippen molar-refractivity contribution in [3.8, 4) is 6.07 Å². The Morgan fingerprint density at radius 1 is 1.38 bits per heavy atom. The van der Waals surface area contributed by atoms with Gasteiger partial charge in [0.1, 0.15) is 11.8 Å². The highest BCUT2D eigenvalue weighted by Crippen LogP contribution is 2.26. The van der Waals surface area contributed by atoms with Crippen molar-refractivity contribution in [3.63, 3.8) is 0 Å². The normalized spacial score (nSPS) is 19.9. The average molecular weight is 329 g/mol. The molecule has 1 aromatic heterocycles. The number of aromatic nitrogens is 1. The maximum absolute atomic E-state index is 12.7. The highest BCUT2D eigenvalue weighted by atomic mass is 16.2. The molecule has 2 atom stereocenters. The van der Waals surface area contributed by atoms with Crippen LogP contribution in [0, 0.1) is 23.2 Å². The second-order valence-electron chi connectivity index (χ2n) is 6.61. The number of amides is 3. The topological polar surface area (TPSA) is 89.3 Å². The van der Waals surface area contributed by atoms with Gasteiger partial charge in [-0.3, -0.25) is 4.79 Å². The number of nitrogens with zero attached hydrogens (tertiary/aromatic N) is 4. The van der Waals surface area contributed by atoms with Gasteiger partial charge in [-0.25, -0.2) is 9.78 Å². The van der Waals surface area contributed by atoms with E-state index in [9.17, 15) is 9.59 Å². The summed E-state index contributed by atoms with van der Waals surface area (Å²) in [5.41, 5.74) is 0.736. The molecule has 0 aliphatic carbocycles. The zero-order chi connectivity index (χ0) is 17.9. The van der Waals surface area contributed by atoms with Gasteiger partial charge >= 0.3 is 6.03 Å². The highest BCUT2D eigenvalue weighted by molar-refractivity contribution is 5.94. The molecule has 1 saturated heterocycles. The quantitative estimate of drug-likeness (QED) is 0.906. The van der Waals surface area contributed by atoms with Crippen molar-refractivity contribution in [2.45, 2.75) is 19.9 Å². The molecule has 1 aliphatic heterocycles. The first-order valence-corrected chi connectivity index (χ1v) is 7.96. The smallest absolute Gasteiger partial charge is 0.317 e. The van der Waals surface area contributed by atoms with Crippen molar-refractivity contribution < 1.29 is 9.59 Å². The van der Waals surface area contributed by atoms with Crippen LogP contribution >= 0.6 is 0 Å². The summed E-state index contributed by atoms with van der Waals surface area (Å²) >= 11 is 0. The van der Waals surface area contributed by atoms with Crippen molar-refractivity contribution in [1.82, 2.24) is 20.1 Å². The molecule has 0 spiro atoms. The van der Waals surface area contributed by atoms with Gasteiger partial charge in [-0.15, -0.1) is 0 Å². The number of nitriles is 1. The Bertz CT molecular complexity index is 648. The lowest BCUT2D eigenvalue weighted by atomic mass is 9.91. The van der Waals surface area contributed by atoms with Gasteiger partial charge in [0.15, 0.2) is 0 Å². The first-order valence-electron chi connectivity index (χ1n) is 7.96. The van der Waals surface area contributed by atoms with Gasteiger partial charge in [-0.05, 0) is 18.1 Å². The minimum atomic E-state index is -0.153. The summed E-state index contributed by atoms with van der Waals surface area (Å²) in [4.78, 5) is 31.8. The van der Waals surface area contributed by atoms with Crippen LogP contribution in [0.15, 0.2) is 18.3 Å². The van der Waals surface area contributed by atoms with E-state index in [1.807, 2.05) is 6.07 Å². The summed E-state index contributed by atoms with van der Waals surface area (Å²) in [5.74, 6) is 0.415. The van der Waals surface area contributed by atoms with E-state index in [4.69, 9.17) is 5.26 Å². The Morgan fingerprint density at radius 2 is 2.08 bits per heavy atom. The molecule has 0 saturated carbocycles. The van der Waals surface area contributed by atoms with E-state index < -0.39 is 0 Å². The number of hydrogen-bond acceptors (Lipinski definition) is 4. The number of urea groups is 1. The predicted octanol–water partition coefficient (Wildman–Crippen LogP) is 1.32. The van der Waals surface area contributed by atoms with Gasteiger partial charge in [0.25, 0.3) is 5.91 Å². The summed E-state index contributed by atoms with van der Waals surface area (Å²) in [6.07, 6.45) is 1.43. The van der Waals surface area contributed by atoms with E-state index in [-0.39, 0.29) is 29.6 Å². The van der Waals surface area contributed by atoms with E-state index >= 15 is 0 Å². The fourth-order valence-electron chi connectivity index (χ4n) is 2.88. The molecule has 1 fully saturated rings. The monoisotopic (exact) mass is 329 g/mol. The van der Waals surface area contributed by atoms with Crippen LogP contribution in [0.3, 0.4) is 0 Å². The Labute approximate surface area is 142 Å². The van der Waals surface area contributed by atoms with E-state index in [0.717, 1.165) is 0 Å². The molecular formula is C17H23N5O2. The first kappa shape index (κ1) is 17.7. The van der Waals surface area contributed by atoms with E-state index in [1.54, 1.807) is 25.1 Å². The first-order chi connectivity index (χ1) is 11.3. The number of carbonyl (C=O) groups is 2. The van der Waals surface area contributed by atoms with Crippen LogP contribution in [0.4, 0.5) is 4.79 Å².